The maximum atomic E-state index is 15.6. The summed E-state index contributed by atoms with van der Waals surface area (Å²) in [5.41, 5.74) is -1.96. The van der Waals surface area contributed by atoms with Gasteiger partial charge in [-0.2, -0.15) is 277 Å². The predicted molar refractivity (Wildman–Crippen MR) is 219 cm³/mol. The van der Waals surface area contributed by atoms with Gasteiger partial charge in [0.25, 0.3) is 0 Å². The predicted octanol–water partition coefficient (Wildman–Crippen LogP) is 23.1. The zero-order chi connectivity index (χ0) is 89.3. The van der Waals surface area contributed by atoms with Gasteiger partial charge in [-0.1, -0.05) is 17.3 Å². The molecule has 1 rings (SSSR count). The zero-order valence-electron chi connectivity index (χ0n) is 48.2. The van der Waals surface area contributed by atoms with Crippen molar-refractivity contribution < 1.29 is 286 Å². The van der Waals surface area contributed by atoms with Crippen LogP contribution in [0.25, 0.3) is 0 Å². The molecule has 0 fully saturated rings. The number of aromatic carboxylic acids is 1. The maximum absolute atomic E-state index is 15.6. The van der Waals surface area contributed by atoms with E-state index in [-0.39, 0.29) is 0 Å². The Morgan fingerprint density at radius 3 is 0.440 bits per heavy atom. The molecule has 1 aromatic carbocycles. The Hall–Kier alpha value is -5.50. The zero-order valence-corrected chi connectivity index (χ0v) is 49.2. The fourth-order valence-electron chi connectivity index (χ4n) is 8.21. The first kappa shape index (κ1) is 102. The molecular formula is C43H17F63O2Si. The molecule has 646 valence electrons. The molecule has 0 aliphatic heterocycles. The van der Waals surface area contributed by atoms with Gasteiger partial charge in [-0.25, -0.2) is 4.79 Å². The van der Waals surface area contributed by atoms with Gasteiger partial charge in [-0.3, -0.25) is 0 Å². The van der Waals surface area contributed by atoms with Gasteiger partial charge in [0.1, 0.15) is 0 Å². The Kier molecular flexibility index (Phi) is 24.7. The highest BCUT2D eigenvalue weighted by Gasteiger charge is 3.02. The van der Waals surface area contributed by atoms with Crippen molar-refractivity contribution >= 4 is 19.2 Å². The first-order valence-electron chi connectivity index (χ1n) is 25.0. The normalized spacial score (nSPS) is 16.9. The standard InChI is InChI=1S/C43H17F63O2Si/c44-14(45,17(50,51)20(56,57)23(62,63)26(68,69)29(74,75)32(80,81)35(86,87)38(92,93)41(98,99)100)5-8-109(12-3-1-11(2-4-12)13(107)108,9-6-15(46,47)18(52,53)21(58,59)24(64,65)27(70,71)30(76,77)33(82,83)36(88,89)39(94,95)42(101,102)103)10-7-16(48,49)19(54,55)22(60,61)25(66,67)28(72,73)31(78,79)34(84,85)37(90,91)40(96,97)43(104,105)106/h1-4H,5-10H2,(H,107,108). The summed E-state index contributed by atoms with van der Waals surface area (Å²) in [5, 5.41) is 6.23. The van der Waals surface area contributed by atoms with Gasteiger partial charge in [-0.15, -0.1) is 0 Å². The molecule has 2 nitrogen and oxygen atoms in total. The summed E-state index contributed by atoms with van der Waals surface area (Å²) < 4.78 is 895. The van der Waals surface area contributed by atoms with Gasteiger partial charge in [0.2, 0.25) is 0 Å². The summed E-state index contributed by atoms with van der Waals surface area (Å²) in [6, 6.07) is -16.6. The lowest BCUT2D eigenvalue weighted by molar-refractivity contribution is -0.474. The van der Waals surface area contributed by atoms with Gasteiger partial charge >= 0.3 is 184 Å². The highest BCUT2D eigenvalue weighted by Crippen LogP contribution is 2.72. The molecule has 0 aromatic heterocycles. The molecule has 0 saturated carbocycles. The Morgan fingerprint density at radius 1 is 0.202 bits per heavy atom. The van der Waals surface area contributed by atoms with Crippen LogP contribution in [0, 0.1) is 0 Å². The molecule has 0 spiro atoms. The Balaban J connectivity index is 4.97. The molecule has 0 aliphatic carbocycles. The van der Waals surface area contributed by atoms with Crippen molar-refractivity contribution in [3.63, 3.8) is 0 Å². The minimum Gasteiger partial charge on any atom is -0.478 e. The monoisotopic (exact) mass is 1790 g/mol. The minimum atomic E-state index is -10.3. The van der Waals surface area contributed by atoms with E-state index in [4.69, 9.17) is 5.11 Å². The summed E-state index contributed by atoms with van der Waals surface area (Å²) in [5.74, 6) is -267. The highest BCUT2D eigenvalue weighted by atomic mass is 28.3. The summed E-state index contributed by atoms with van der Waals surface area (Å²) in [7, 11) is -8.32. The topological polar surface area (TPSA) is 37.3 Å². The number of benzene rings is 1. The molecular weight excluding hydrogens is 1770 g/mol. The van der Waals surface area contributed by atoms with E-state index in [1.54, 1.807) is 0 Å². The summed E-state index contributed by atoms with van der Waals surface area (Å²) in [4.78, 5) is 11.4. The first-order chi connectivity index (χ1) is 46.3. The second-order valence-corrected chi connectivity index (χ2v) is 26.7. The van der Waals surface area contributed by atoms with Crippen molar-refractivity contribution in [2.75, 3.05) is 0 Å². The van der Waals surface area contributed by atoms with Gasteiger partial charge in [0.05, 0.1) is 13.6 Å². The summed E-state index contributed by atoms with van der Waals surface area (Å²) in [6.45, 7) is 0. The Labute approximate surface area is 552 Å². The van der Waals surface area contributed by atoms with Crippen LogP contribution in [0.5, 0.6) is 0 Å². The molecule has 109 heavy (non-hydrogen) atoms. The van der Waals surface area contributed by atoms with Crippen molar-refractivity contribution in [3.8, 4) is 0 Å². The van der Waals surface area contributed by atoms with Crippen LogP contribution in [-0.4, -0.2) is 198 Å². The average Bonchev–Trinajstić information content (AvgIpc) is 0.694. The van der Waals surface area contributed by atoms with Crippen LogP contribution in [0.15, 0.2) is 24.3 Å². The molecule has 0 bridgehead atoms. The van der Waals surface area contributed by atoms with Crippen LogP contribution in [-0.2, 0) is 0 Å². The molecule has 0 aliphatic rings. The third-order valence-corrected chi connectivity index (χ3v) is 20.4. The number of hydrogen-bond donors (Lipinski definition) is 1. The van der Waals surface area contributed by atoms with Crippen LogP contribution >= 0.6 is 0 Å². The van der Waals surface area contributed by atoms with E-state index in [1.807, 2.05) is 0 Å². The van der Waals surface area contributed by atoms with Crippen molar-refractivity contribution in [1.29, 1.82) is 0 Å². The number of halogens is 63. The van der Waals surface area contributed by atoms with Gasteiger partial charge < -0.3 is 5.11 Å². The number of alkyl halides is 63. The van der Waals surface area contributed by atoms with Crippen molar-refractivity contribution in [2.24, 2.45) is 0 Å². The van der Waals surface area contributed by atoms with E-state index in [0.29, 0.717) is 0 Å². The largest absolute Gasteiger partial charge is 0.478 e. The molecule has 66 heteroatoms. The molecule has 0 amide bonds. The third kappa shape index (κ3) is 13.3. The first-order valence-corrected chi connectivity index (χ1v) is 27.6. The van der Waals surface area contributed by atoms with E-state index >= 15 is 52.7 Å². The summed E-state index contributed by atoms with van der Waals surface area (Å²) in [6.07, 6.45) is -41.1. The molecule has 0 radical (unpaired) electrons. The number of carboxylic acids is 1. The number of carbonyl (C=O) groups is 1. The minimum absolute atomic E-state index is 0.811. The van der Waals surface area contributed by atoms with Crippen molar-refractivity contribution in [2.45, 2.75) is 216 Å². The molecule has 0 unspecified atom stereocenters. The van der Waals surface area contributed by atoms with Crippen LogP contribution in [0.1, 0.15) is 29.6 Å². The van der Waals surface area contributed by atoms with Gasteiger partial charge in [0, 0.05) is 19.3 Å². The lowest BCUT2D eigenvalue weighted by Crippen LogP contribution is -2.77. The Bertz CT molecular complexity index is 3070. The van der Waals surface area contributed by atoms with Crippen molar-refractivity contribution in [3.05, 3.63) is 29.8 Å². The van der Waals surface area contributed by atoms with Crippen LogP contribution < -0.4 is 5.19 Å². The van der Waals surface area contributed by atoms with E-state index < -0.39 is 265 Å². The lowest BCUT2D eigenvalue weighted by Gasteiger charge is -2.45. The molecule has 0 saturated heterocycles. The second-order valence-electron chi connectivity index (χ2n) is 22.1. The summed E-state index contributed by atoms with van der Waals surface area (Å²) >= 11 is 0. The fourth-order valence-corrected chi connectivity index (χ4v) is 13.1. The van der Waals surface area contributed by atoms with Gasteiger partial charge in [0.15, 0.2) is 0 Å². The second kappa shape index (κ2) is 26.5. The molecule has 0 atom stereocenters. The van der Waals surface area contributed by atoms with E-state index in [1.165, 1.54) is 0 Å². The number of carboxylic acid groups (broad SMARTS) is 1. The highest BCUT2D eigenvalue weighted by molar-refractivity contribution is 6.92. The van der Waals surface area contributed by atoms with Gasteiger partial charge in [-0.05, 0) is 30.3 Å². The van der Waals surface area contributed by atoms with Crippen LogP contribution in [0.2, 0.25) is 18.1 Å². The molecule has 0 heterocycles. The van der Waals surface area contributed by atoms with Crippen LogP contribution in [0.3, 0.4) is 0 Å². The average molecular weight is 1790 g/mol. The number of hydrogen-bond acceptors (Lipinski definition) is 1. The quantitative estimate of drug-likeness (QED) is 0.0543. The molecule has 1 N–H and O–H groups in total. The van der Waals surface area contributed by atoms with Crippen molar-refractivity contribution in [1.82, 2.24) is 0 Å². The van der Waals surface area contributed by atoms with E-state index in [9.17, 15) is 229 Å². The SMILES string of the molecule is O=C(O)c1ccc([Si](CCC(F)(F)C(F)(F)C(F)(F)C(F)(F)C(F)(F)C(F)(F)C(F)(F)C(F)(F)C(F)(F)C(F)(F)F)(CCC(F)(F)C(F)(F)C(F)(F)C(F)(F)C(F)(F)C(F)(F)C(F)(F)C(F)(F)C(F)(F)C(F)(F)F)CCC(F)(F)C(F)(F)C(F)(F)C(F)(F)C(F)(F)C(F)(F)C(F)(F)C(F)(F)C(F)(F)C(F)(F)F)cc1. The van der Waals surface area contributed by atoms with Crippen LogP contribution in [0.4, 0.5) is 277 Å². The van der Waals surface area contributed by atoms with E-state index in [0.717, 1.165) is 0 Å². The Morgan fingerprint density at radius 2 is 0.321 bits per heavy atom. The smallest absolute Gasteiger partial charge is 0.460 e. The maximum Gasteiger partial charge on any atom is 0.460 e. The fraction of sp³-hybridized carbons (Fsp3) is 0.837. The number of rotatable bonds is 35. The van der Waals surface area contributed by atoms with E-state index in [2.05, 4.69) is 0 Å². The third-order valence-electron chi connectivity index (χ3n) is 15.2. The lowest BCUT2D eigenvalue weighted by atomic mass is 9.86. The molecule has 1 aromatic rings.